The number of imide groups is 1. The largest absolute Gasteiger partial charge is 0.505 e. The molecule has 2 aromatic carbocycles. The molecule has 2 heterocycles. The molecule has 0 fully saturated rings. The molecule has 1 aliphatic rings. The van der Waals surface area contributed by atoms with Gasteiger partial charge < -0.3 is 20.6 Å². The number of nitrogens with one attached hydrogen (secondary N) is 2. The van der Waals surface area contributed by atoms with Crippen LogP contribution in [0.15, 0.2) is 77.4 Å². The summed E-state index contributed by atoms with van der Waals surface area (Å²) in [4.78, 5) is 41.0. The lowest BCUT2D eigenvalue weighted by Crippen LogP contribution is -2.38. The van der Waals surface area contributed by atoms with Gasteiger partial charge in [0.15, 0.2) is 11.8 Å². The van der Waals surface area contributed by atoms with Gasteiger partial charge in [0.25, 0.3) is 17.7 Å². The molecule has 3 N–H and O–H groups in total. The number of aromatic hydroxyl groups is 1. The van der Waals surface area contributed by atoms with E-state index in [1.807, 2.05) is 0 Å². The number of para-hydroxylation sites is 2. The Hall–Kier alpha value is -4.32. The van der Waals surface area contributed by atoms with Crippen LogP contribution in [0.3, 0.4) is 0 Å². The number of nitrogens with zero attached hydrogens (tertiary/aromatic N) is 2. The quantitative estimate of drug-likeness (QED) is 0.312. The second-order valence-electron chi connectivity index (χ2n) is 8.19. The third-order valence-corrected chi connectivity index (χ3v) is 6.41. The van der Waals surface area contributed by atoms with Crippen molar-refractivity contribution in [2.24, 2.45) is 0 Å². The van der Waals surface area contributed by atoms with Gasteiger partial charge in [-0.3, -0.25) is 14.4 Å². The molecule has 8 nitrogen and oxygen atoms in total. The van der Waals surface area contributed by atoms with Crippen molar-refractivity contribution < 1.29 is 32.7 Å². The number of halogens is 3. The lowest BCUT2D eigenvalue weighted by molar-refractivity contribution is -0.155. The molecule has 1 aliphatic heterocycles. The van der Waals surface area contributed by atoms with Gasteiger partial charge in [-0.05, 0) is 35.7 Å². The van der Waals surface area contributed by atoms with Gasteiger partial charge in [-0.1, -0.05) is 30.3 Å². The summed E-state index contributed by atoms with van der Waals surface area (Å²) in [5, 5.41) is 17.0. The fourth-order valence-corrected chi connectivity index (χ4v) is 4.50. The van der Waals surface area contributed by atoms with E-state index in [0.717, 1.165) is 16.2 Å². The monoisotopic (exact) mass is 530 g/mol. The lowest BCUT2D eigenvalue weighted by Gasteiger charge is -2.22. The van der Waals surface area contributed by atoms with E-state index in [2.05, 4.69) is 10.6 Å². The normalized spacial score (nSPS) is 14.7. The minimum absolute atomic E-state index is 0.103. The highest BCUT2D eigenvalue weighted by Gasteiger charge is 2.47. The van der Waals surface area contributed by atoms with E-state index < -0.39 is 47.1 Å². The van der Waals surface area contributed by atoms with E-state index in [0.29, 0.717) is 0 Å². The highest BCUT2D eigenvalue weighted by atomic mass is 32.1. The Balaban J connectivity index is 1.81. The van der Waals surface area contributed by atoms with Gasteiger partial charge in [0, 0.05) is 19.0 Å². The van der Waals surface area contributed by atoms with Crippen LogP contribution < -0.4 is 15.5 Å². The number of anilines is 2. The third kappa shape index (κ3) is 5.00. The Kier molecular flexibility index (Phi) is 6.94. The molecular formula is C25H21F3N4O4S. The van der Waals surface area contributed by atoms with Gasteiger partial charge in [-0.15, -0.1) is 11.3 Å². The number of amides is 3. The summed E-state index contributed by atoms with van der Waals surface area (Å²) in [5.74, 6) is -3.01. The first kappa shape index (κ1) is 25.8. The van der Waals surface area contributed by atoms with E-state index in [-0.39, 0.29) is 21.8 Å². The molecule has 0 bridgehead atoms. The molecule has 1 aromatic heterocycles. The van der Waals surface area contributed by atoms with Crippen molar-refractivity contribution in [3.05, 3.63) is 87.9 Å². The Bertz CT molecular complexity index is 1370. The molecule has 0 unspecified atom stereocenters. The molecule has 37 heavy (non-hydrogen) atoms. The Morgan fingerprint density at radius 3 is 2.24 bits per heavy atom. The van der Waals surface area contributed by atoms with Crippen molar-refractivity contribution in [1.29, 1.82) is 0 Å². The predicted molar refractivity (Wildman–Crippen MR) is 132 cm³/mol. The van der Waals surface area contributed by atoms with Crippen LogP contribution in [0.4, 0.5) is 24.5 Å². The van der Waals surface area contributed by atoms with Gasteiger partial charge in [-0.2, -0.15) is 13.2 Å². The van der Waals surface area contributed by atoms with Crippen molar-refractivity contribution >= 4 is 40.4 Å². The zero-order chi connectivity index (χ0) is 26.9. The first-order valence-corrected chi connectivity index (χ1v) is 11.7. The molecule has 0 saturated carbocycles. The van der Waals surface area contributed by atoms with Crippen molar-refractivity contribution in [2.75, 3.05) is 24.3 Å². The minimum Gasteiger partial charge on any atom is -0.505 e. The summed E-state index contributed by atoms with van der Waals surface area (Å²) in [6.45, 7) is 0. The number of rotatable bonds is 7. The molecule has 3 aromatic rings. The lowest BCUT2D eigenvalue weighted by atomic mass is 10.1. The fourth-order valence-electron chi connectivity index (χ4n) is 3.70. The molecule has 4 rings (SSSR count). The number of benzene rings is 2. The van der Waals surface area contributed by atoms with Crippen LogP contribution in [0.5, 0.6) is 5.75 Å². The smallest absolute Gasteiger partial charge is 0.413 e. The number of carbonyl (C=O) groups excluding carboxylic acids is 3. The molecule has 0 saturated heterocycles. The van der Waals surface area contributed by atoms with Crippen LogP contribution in [-0.4, -0.2) is 48.0 Å². The molecule has 0 spiro atoms. The van der Waals surface area contributed by atoms with Crippen LogP contribution in [0, 0.1) is 0 Å². The first-order valence-electron chi connectivity index (χ1n) is 10.9. The van der Waals surface area contributed by atoms with Crippen molar-refractivity contribution in [3.63, 3.8) is 0 Å². The second-order valence-corrected chi connectivity index (χ2v) is 9.17. The zero-order valence-corrected chi connectivity index (χ0v) is 20.4. The summed E-state index contributed by atoms with van der Waals surface area (Å²) in [7, 11) is 2.95. The Morgan fingerprint density at radius 1 is 0.973 bits per heavy atom. The average Bonchev–Trinajstić information content (AvgIpc) is 3.45. The molecule has 0 radical (unpaired) electrons. The third-order valence-electron chi connectivity index (χ3n) is 5.47. The molecule has 3 amide bonds. The van der Waals surface area contributed by atoms with Crippen molar-refractivity contribution in [3.8, 4) is 5.75 Å². The van der Waals surface area contributed by atoms with Gasteiger partial charge in [0.1, 0.15) is 11.4 Å². The van der Waals surface area contributed by atoms with Gasteiger partial charge >= 0.3 is 6.18 Å². The first-order chi connectivity index (χ1) is 17.5. The van der Waals surface area contributed by atoms with Crippen LogP contribution in [-0.2, 0) is 9.59 Å². The van der Waals surface area contributed by atoms with Gasteiger partial charge in [-0.25, -0.2) is 4.90 Å². The second kappa shape index (κ2) is 9.97. The highest BCUT2D eigenvalue weighted by molar-refractivity contribution is 7.10. The molecular weight excluding hydrogens is 509 g/mol. The van der Waals surface area contributed by atoms with E-state index in [4.69, 9.17) is 0 Å². The Labute approximate surface area is 213 Å². The van der Waals surface area contributed by atoms with Gasteiger partial charge in [0.05, 0.1) is 16.9 Å². The number of hydrogen-bond acceptors (Lipinski definition) is 7. The van der Waals surface area contributed by atoms with E-state index >= 15 is 0 Å². The standard InChI is InChI=1S/C25H21F3N4O4S/c1-31(2)22(34)15-10-6-11-16(20(15)33)29-18-19(30-21(25(26,27)28)17-12-7-13-37-17)24(36)32(23(18)35)14-8-4-3-5-9-14/h3-13,21,29-30,33H,1-2H3/t21-/m0/s1. The number of carbonyl (C=O) groups is 3. The molecule has 12 heteroatoms. The minimum atomic E-state index is -4.80. The van der Waals surface area contributed by atoms with E-state index in [9.17, 15) is 32.7 Å². The summed E-state index contributed by atoms with van der Waals surface area (Å²) < 4.78 is 42.1. The van der Waals surface area contributed by atoms with Gasteiger partial charge in [0.2, 0.25) is 0 Å². The molecule has 192 valence electrons. The summed E-state index contributed by atoms with van der Waals surface area (Å²) in [6, 6.07) is 12.3. The molecule has 0 aliphatic carbocycles. The number of phenolic OH excluding ortho intramolecular Hbond substituents is 1. The van der Waals surface area contributed by atoms with Crippen molar-refractivity contribution in [2.45, 2.75) is 12.2 Å². The Morgan fingerprint density at radius 2 is 1.65 bits per heavy atom. The van der Waals surface area contributed by atoms with E-state index in [1.54, 1.807) is 18.2 Å². The number of phenols is 1. The van der Waals surface area contributed by atoms with Crippen LogP contribution in [0.25, 0.3) is 0 Å². The predicted octanol–water partition coefficient (Wildman–Crippen LogP) is 4.25. The molecule has 1 atom stereocenters. The number of alkyl halides is 3. The topological polar surface area (TPSA) is 102 Å². The van der Waals surface area contributed by atoms with Crippen LogP contribution in [0.2, 0.25) is 0 Å². The van der Waals surface area contributed by atoms with E-state index in [1.165, 1.54) is 66.8 Å². The SMILES string of the molecule is CN(C)C(=O)c1cccc(NC2=C(N[C@@H](c3cccs3)C(F)(F)F)C(=O)N(c3ccccc3)C2=O)c1O. The average molecular weight is 531 g/mol. The summed E-state index contributed by atoms with van der Waals surface area (Å²) >= 11 is 0.838. The highest BCUT2D eigenvalue weighted by Crippen LogP contribution is 2.38. The fraction of sp³-hybridized carbons (Fsp3) is 0.160. The maximum Gasteiger partial charge on any atom is 0.413 e. The van der Waals surface area contributed by atoms with Crippen LogP contribution >= 0.6 is 11.3 Å². The maximum absolute atomic E-state index is 14.0. The number of hydrogen-bond donors (Lipinski definition) is 3. The summed E-state index contributed by atoms with van der Waals surface area (Å²) in [6.07, 6.45) is -4.80. The number of thiophene rings is 1. The van der Waals surface area contributed by atoms with Crippen LogP contribution in [0.1, 0.15) is 21.3 Å². The maximum atomic E-state index is 14.0. The summed E-state index contributed by atoms with van der Waals surface area (Å²) in [5.41, 5.74) is -1.24. The van der Waals surface area contributed by atoms with Crippen molar-refractivity contribution in [1.82, 2.24) is 10.2 Å². The zero-order valence-electron chi connectivity index (χ0n) is 19.5.